The van der Waals surface area contributed by atoms with Gasteiger partial charge in [0.05, 0.1) is 14.2 Å². The molecule has 2 N–H and O–H groups in total. The maximum Gasteiger partial charge on any atom is 0.360 e. The largest absolute Gasteiger partial charge is 0.493 e. The van der Waals surface area contributed by atoms with Crippen LogP contribution in [0.1, 0.15) is 62.5 Å². The molecule has 2 aliphatic rings. The predicted molar refractivity (Wildman–Crippen MR) is 215 cm³/mol. The summed E-state index contributed by atoms with van der Waals surface area (Å²) in [5.74, 6) is 1.44. The van der Waals surface area contributed by atoms with Crippen LogP contribution in [0.15, 0.2) is 54.8 Å². The lowest BCUT2D eigenvalue weighted by Gasteiger charge is -2.30. The van der Waals surface area contributed by atoms with Gasteiger partial charge in [0.1, 0.15) is 34.7 Å². The van der Waals surface area contributed by atoms with E-state index in [0.29, 0.717) is 68.9 Å². The Hall–Kier alpha value is -5.34. The quantitative estimate of drug-likeness (QED) is 0.111. The summed E-state index contributed by atoms with van der Waals surface area (Å²) in [5, 5.41) is 6.51. The second-order valence-electron chi connectivity index (χ2n) is 14.7. The van der Waals surface area contributed by atoms with Crippen molar-refractivity contribution in [1.29, 1.82) is 0 Å². The highest BCUT2D eigenvalue weighted by atomic mass is 16.5. The Kier molecular flexibility index (Phi) is 13.0. The van der Waals surface area contributed by atoms with E-state index in [9.17, 15) is 19.2 Å². The SMILES string of the molecule is COc1cc2cc(NC(=O)CC/C=C/CCC(=O)Nc3cc4cc(OC)c(OC5CCN(C)CC5)c(C)c4oc3=O)c(=O)oc2c(C)c1OC1CCN(C)CC1. The molecular formula is C42H52N4O10. The number of aryl methyl sites for hydroxylation is 2. The summed E-state index contributed by atoms with van der Waals surface area (Å²) in [6, 6.07) is 6.66. The van der Waals surface area contributed by atoms with E-state index in [0.717, 1.165) is 51.9 Å². The minimum absolute atomic E-state index is 0.0294. The lowest BCUT2D eigenvalue weighted by atomic mass is 10.1. The van der Waals surface area contributed by atoms with E-state index in [1.54, 1.807) is 50.6 Å². The number of likely N-dealkylation sites (tertiary alicyclic amines) is 2. The summed E-state index contributed by atoms with van der Waals surface area (Å²) in [6.45, 7) is 7.40. The van der Waals surface area contributed by atoms with Gasteiger partial charge in [0.25, 0.3) is 0 Å². The van der Waals surface area contributed by atoms with Gasteiger partial charge in [0, 0.05) is 60.9 Å². The molecule has 56 heavy (non-hydrogen) atoms. The molecule has 0 atom stereocenters. The topological polar surface area (TPSA) is 162 Å². The molecule has 2 aromatic carbocycles. The van der Waals surface area contributed by atoms with E-state index in [4.69, 9.17) is 27.8 Å². The van der Waals surface area contributed by atoms with E-state index in [2.05, 4.69) is 34.5 Å². The number of nitrogens with one attached hydrogen (secondary N) is 2. The minimum Gasteiger partial charge on any atom is -0.493 e. The third-order valence-corrected chi connectivity index (χ3v) is 10.5. The number of hydrogen-bond acceptors (Lipinski definition) is 12. The number of rotatable bonds is 14. The Morgan fingerprint density at radius 2 is 1.05 bits per heavy atom. The summed E-state index contributed by atoms with van der Waals surface area (Å²) >= 11 is 0. The molecule has 0 unspecified atom stereocenters. The maximum atomic E-state index is 12.9. The van der Waals surface area contributed by atoms with Crippen molar-refractivity contribution < 1.29 is 37.4 Å². The van der Waals surface area contributed by atoms with E-state index < -0.39 is 11.3 Å². The molecule has 2 amide bonds. The third kappa shape index (κ3) is 9.54. The summed E-state index contributed by atoms with van der Waals surface area (Å²) in [5.41, 5.74) is 0.802. The first-order chi connectivity index (χ1) is 26.9. The first kappa shape index (κ1) is 40.3. The third-order valence-electron chi connectivity index (χ3n) is 10.5. The van der Waals surface area contributed by atoms with Gasteiger partial charge in [0.2, 0.25) is 11.8 Å². The summed E-state index contributed by atoms with van der Waals surface area (Å²) in [4.78, 5) is 55.8. The van der Waals surface area contributed by atoms with Crippen molar-refractivity contribution in [2.24, 2.45) is 0 Å². The maximum absolute atomic E-state index is 12.9. The Bertz CT molecular complexity index is 2060. The van der Waals surface area contributed by atoms with Gasteiger partial charge in [-0.05, 0) is 90.7 Å². The van der Waals surface area contributed by atoms with Crippen LogP contribution >= 0.6 is 0 Å². The second-order valence-corrected chi connectivity index (χ2v) is 14.7. The van der Waals surface area contributed by atoms with Crippen LogP contribution in [0.2, 0.25) is 0 Å². The molecule has 0 radical (unpaired) electrons. The molecule has 300 valence electrons. The zero-order chi connectivity index (χ0) is 39.9. The molecule has 14 nitrogen and oxygen atoms in total. The van der Waals surface area contributed by atoms with Crippen molar-refractivity contribution >= 4 is 45.1 Å². The normalized spacial score (nSPS) is 16.0. The van der Waals surface area contributed by atoms with Crippen LogP contribution in [0.4, 0.5) is 11.4 Å². The number of anilines is 2. The fraction of sp³-hybridized carbons (Fsp3) is 0.476. The molecule has 0 aliphatic carbocycles. The highest BCUT2D eigenvalue weighted by Crippen LogP contribution is 2.40. The number of carbonyl (C=O) groups is 2. The molecule has 2 fully saturated rings. The first-order valence-electron chi connectivity index (χ1n) is 19.2. The molecule has 4 heterocycles. The zero-order valence-corrected chi connectivity index (χ0v) is 33.1. The van der Waals surface area contributed by atoms with E-state index in [1.165, 1.54) is 0 Å². The minimum atomic E-state index is -0.664. The summed E-state index contributed by atoms with van der Waals surface area (Å²) in [7, 11) is 7.30. The van der Waals surface area contributed by atoms with E-state index in [1.807, 2.05) is 13.8 Å². The molecule has 4 aromatic rings. The molecule has 0 bridgehead atoms. The van der Waals surface area contributed by atoms with E-state index >= 15 is 0 Å². The lowest BCUT2D eigenvalue weighted by Crippen LogP contribution is -2.35. The number of hydrogen-bond donors (Lipinski definition) is 2. The Balaban J connectivity index is 0.996. The number of allylic oxidation sites excluding steroid dienone is 2. The molecule has 0 saturated carbocycles. The summed E-state index contributed by atoms with van der Waals surface area (Å²) < 4.78 is 35.3. The van der Waals surface area contributed by atoms with Crippen LogP contribution in [0.5, 0.6) is 23.0 Å². The van der Waals surface area contributed by atoms with Crippen molar-refractivity contribution in [2.45, 2.75) is 77.4 Å². The van der Waals surface area contributed by atoms with Crippen molar-refractivity contribution in [2.75, 3.05) is 65.1 Å². The van der Waals surface area contributed by atoms with Crippen molar-refractivity contribution in [3.8, 4) is 23.0 Å². The molecule has 2 saturated heterocycles. The van der Waals surface area contributed by atoms with Crippen molar-refractivity contribution in [3.05, 3.63) is 68.4 Å². The first-order valence-corrected chi connectivity index (χ1v) is 19.2. The predicted octanol–water partition coefficient (Wildman–Crippen LogP) is 6.17. The van der Waals surface area contributed by atoms with Gasteiger partial charge in [-0.1, -0.05) is 12.2 Å². The highest BCUT2D eigenvalue weighted by Gasteiger charge is 2.25. The van der Waals surface area contributed by atoms with Crippen molar-refractivity contribution in [3.63, 3.8) is 0 Å². The van der Waals surface area contributed by atoms with Crippen LogP contribution < -0.4 is 40.8 Å². The monoisotopic (exact) mass is 772 g/mol. The van der Waals surface area contributed by atoms with Gasteiger partial charge in [-0.15, -0.1) is 0 Å². The number of fused-ring (bicyclic) bond motifs is 2. The van der Waals surface area contributed by atoms with Gasteiger partial charge in [0.15, 0.2) is 23.0 Å². The van der Waals surface area contributed by atoms with E-state index in [-0.39, 0.29) is 48.2 Å². The number of nitrogens with zero attached hydrogens (tertiary/aromatic N) is 2. The number of benzene rings is 2. The number of piperidine rings is 2. The number of ether oxygens (including phenoxy) is 4. The molecule has 2 aliphatic heterocycles. The molecular weight excluding hydrogens is 720 g/mol. The number of methoxy groups -OCH3 is 2. The Morgan fingerprint density at radius 1 is 0.679 bits per heavy atom. The van der Waals surface area contributed by atoms with Gasteiger partial charge in [-0.25, -0.2) is 9.59 Å². The summed E-state index contributed by atoms with van der Waals surface area (Å²) in [6.07, 6.45) is 8.18. The van der Waals surface area contributed by atoms with Crippen LogP contribution in [0.25, 0.3) is 21.9 Å². The van der Waals surface area contributed by atoms with Crippen molar-refractivity contribution in [1.82, 2.24) is 9.80 Å². The van der Waals surface area contributed by atoms with Crippen LogP contribution in [-0.4, -0.2) is 88.3 Å². The Morgan fingerprint density at radius 3 is 1.41 bits per heavy atom. The van der Waals surface area contributed by atoms with Gasteiger partial charge in [-0.3, -0.25) is 9.59 Å². The average Bonchev–Trinajstić information content (AvgIpc) is 3.18. The van der Waals surface area contributed by atoms with Crippen LogP contribution in [0, 0.1) is 13.8 Å². The Labute approximate surface area is 325 Å². The standard InChI is InChI=1S/C42H52N4O10/c1-25-37-27(23-33(51-5)39(25)53-29-13-17-45(3)18-14-29)21-31(41(49)55-37)43-35(47)11-9-7-8-10-12-36(48)44-32-22-28-24-34(52-6)40(26(2)38(28)56-42(32)50)54-30-15-19-46(4)20-16-30/h7-8,21-24,29-30H,9-20H2,1-6H3,(H,43,47)(H,44,48)/b8-7+. The lowest BCUT2D eigenvalue weighted by molar-refractivity contribution is -0.117. The zero-order valence-electron chi connectivity index (χ0n) is 33.1. The fourth-order valence-corrected chi connectivity index (χ4v) is 7.16. The fourth-order valence-electron chi connectivity index (χ4n) is 7.16. The molecule has 2 aromatic heterocycles. The van der Waals surface area contributed by atoms with Crippen LogP contribution in [-0.2, 0) is 9.59 Å². The van der Waals surface area contributed by atoms with Gasteiger partial charge in [-0.2, -0.15) is 0 Å². The molecule has 6 rings (SSSR count). The van der Waals surface area contributed by atoms with Gasteiger partial charge < -0.3 is 48.2 Å². The smallest absolute Gasteiger partial charge is 0.360 e. The molecule has 0 spiro atoms. The molecule has 14 heteroatoms. The van der Waals surface area contributed by atoms with Gasteiger partial charge >= 0.3 is 11.3 Å². The number of carbonyl (C=O) groups excluding carboxylic acids is 2. The second kappa shape index (κ2) is 18.1. The average molecular weight is 773 g/mol. The number of amides is 2. The highest BCUT2D eigenvalue weighted by molar-refractivity contribution is 5.95. The van der Waals surface area contributed by atoms with Crippen LogP contribution in [0.3, 0.4) is 0 Å².